The van der Waals surface area contributed by atoms with E-state index in [9.17, 15) is 13.2 Å². The molecule has 0 saturated heterocycles. The van der Waals surface area contributed by atoms with Gasteiger partial charge in [-0.15, -0.1) is 0 Å². The molecule has 0 bridgehead atoms. The Balaban J connectivity index is 3.15. The maximum atomic E-state index is 13.1. The van der Waals surface area contributed by atoms with Gasteiger partial charge in [0, 0.05) is 24.2 Å². The van der Waals surface area contributed by atoms with Crippen molar-refractivity contribution in [2.24, 2.45) is 11.8 Å². The molecule has 0 heterocycles. The van der Waals surface area contributed by atoms with E-state index in [1.165, 1.54) is 6.07 Å². The van der Waals surface area contributed by atoms with E-state index in [1.807, 2.05) is 6.92 Å². The number of hydrazine groups is 1. The molecule has 0 fully saturated rings. The van der Waals surface area contributed by atoms with Crippen LogP contribution in [0.3, 0.4) is 0 Å². The number of benzene rings is 1. The standard InChI is InChI=1S/C13H18BrF3N2O/c1-8(5-6-20-2)12(19-18)10-4-3-9(14)7-11(10)13(15,16)17/h3-4,7-8,12,19H,5-6,18H2,1-2H3. The molecule has 0 aliphatic heterocycles. The van der Waals surface area contributed by atoms with E-state index < -0.39 is 17.8 Å². The summed E-state index contributed by atoms with van der Waals surface area (Å²) in [6.07, 6.45) is -3.81. The summed E-state index contributed by atoms with van der Waals surface area (Å²) in [7, 11) is 1.55. The minimum absolute atomic E-state index is 0.0952. The highest BCUT2D eigenvalue weighted by Gasteiger charge is 2.36. The van der Waals surface area contributed by atoms with Crippen molar-refractivity contribution in [3.63, 3.8) is 0 Å². The fraction of sp³-hybridized carbons (Fsp3) is 0.538. The molecule has 0 radical (unpaired) electrons. The van der Waals surface area contributed by atoms with Gasteiger partial charge in [-0.05, 0) is 30.0 Å². The first-order chi connectivity index (χ1) is 9.31. The maximum absolute atomic E-state index is 13.1. The van der Waals surface area contributed by atoms with Crippen molar-refractivity contribution >= 4 is 15.9 Å². The molecule has 114 valence electrons. The number of hydrogen-bond donors (Lipinski definition) is 2. The van der Waals surface area contributed by atoms with Gasteiger partial charge in [0.05, 0.1) is 5.56 Å². The number of ether oxygens (including phenoxy) is 1. The molecule has 1 aromatic carbocycles. The van der Waals surface area contributed by atoms with E-state index in [2.05, 4.69) is 21.4 Å². The second-order valence-corrected chi connectivity index (χ2v) is 5.55. The van der Waals surface area contributed by atoms with Crippen molar-refractivity contribution < 1.29 is 17.9 Å². The third kappa shape index (κ3) is 4.44. The SMILES string of the molecule is COCCC(C)C(NN)c1ccc(Br)cc1C(F)(F)F. The summed E-state index contributed by atoms with van der Waals surface area (Å²) in [5.74, 6) is 5.36. The van der Waals surface area contributed by atoms with Crippen molar-refractivity contribution in [3.05, 3.63) is 33.8 Å². The zero-order valence-corrected chi connectivity index (χ0v) is 12.9. The largest absolute Gasteiger partial charge is 0.416 e. The average molecular weight is 355 g/mol. The third-order valence-corrected chi connectivity index (χ3v) is 3.67. The van der Waals surface area contributed by atoms with Crippen LogP contribution in [-0.2, 0) is 10.9 Å². The molecule has 3 nitrogen and oxygen atoms in total. The molecule has 0 spiro atoms. The van der Waals surface area contributed by atoms with Crippen LogP contribution in [-0.4, -0.2) is 13.7 Å². The topological polar surface area (TPSA) is 47.3 Å². The van der Waals surface area contributed by atoms with Gasteiger partial charge in [0.15, 0.2) is 0 Å². The van der Waals surface area contributed by atoms with Crippen molar-refractivity contribution in [1.29, 1.82) is 0 Å². The van der Waals surface area contributed by atoms with Crippen LogP contribution in [0.2, 0.25) is 0 Å². The van der Waals surface area contributed by atoms with E-state index in [0.29, 0.717) is 17.5 Å². The normalized spacial score (nSPS) is 15.2. The molecule has 3 N–H and O–H groups in total. The molecule has 1 aromatic rings. The van der Waals surface area contributed by atoms with Gasteiger partial charge in [-0.1, -0.05) is 28.9 Å². The first kappa shape index (κ1) is 17.4. The minimum Gasteiger partial charge on any atom is -0.385 e. The zero-order chi connectivity index (χ0) is 15.3. The molecule has 0 aromatic heterocycles. The molecule has 2 atom stereocenters. The number of methoxy groups -OCH3 is 1. The van der Waals surface area contributed by atoms with Gasteiger partial charge >= 0.3 is 6.18 Å². The van der Waals surface area contributed by atoms with Crippen LogP contribution in [0.25, 0.3) is 0 Å². The smallest absolute Gasteiger partial charge is 0.385 e. The lowest BCUT2D eigenvalue weighted by atomic mass is 9.89. The Hall–Kier alpha value is -0.630. The van der Waals surface area contributed by atoms with Gasteiger partial charge in [0.2, 0.25) is 0 Å². The van der Waals surface area contributed by atoms with Gasteiger partial charge in [-0.2, -0.15) is 13.2 Å². The Morgan fingerprint density at radius 3 is 2.55 bits per heavy atom. The highest BCUT2D eigenvalue weighted by Crippen LogP contribution is 2.38. The number of nitrogens with two attached hydrogens (primary N) is 1. The molecular formula is C13H18BrF3N2O. The summed E-state index contributed by atoms with van der Waals surface area (Å²) in [6.45, 7) is 2.31. The van der Waals surface area contributed by atoms with Gasteiger partial charge < -0.3 is 4.74 Å². The first-order valence-electron chi connectivity index (χ1n) is 6.13. The van der Waals surface area contributed by atoms with Crippen LogP contribution in [0.4, 0.5) is 13.2 Å². The number of alkyl halides is 3. The Labute approximate surface area is 124 Å². The number of nitrogens with one attached hydrogen (secondary N) is 1. The number of hydrogen-bond acceptors (Lipinski definition) is 3. The highest BCUT2D eigenvalue weighted by molar-refractivity contribution is 9.10. The lowest BCUT2D eigenvalue weighted by molar-refractivity contribution is -0.138. The molecule has 0 aliphatic rings. The molecular weight excluding hydrogens is 337 g/mol. The number of halogens is 4. The third-order valence-electron chi connectivity index (χ3n) is 3.18. The van der Waals surface area contributed by atoms with Gasteiger partial charge in [-0.3, -0.25) is 11.3 Å². The van der Waals surface area contributed by atoms with E-state index >= 15 is 0 Å². The van der Waals surface area contributed by atoms with Gasteiger partial charge in [0.25, 0.3) is 0 Å². The average Bonchev–Trinajstić information content (AvgIpc) is 2.37. The van der Waals surface area contributed by atoms with E-state index in [4.69, 9.17) is 10.6 Å². The van der Waals surface area contributed by atoms with Crippen molar-refractivity contribution in [3.8, 4) is 0 Å². The first-order valence-corrected chi connectivity index (χ1v) is 6.92. The number of rotatable bonds is 6. The summed E-state index contributed by atoms with van der Waals surface area (Å²) in [6, 6.07) is 3.51. The molecule has 0 aliphatic carbocycles. The molecule has 0 amide bonds. The lowest BCUT2D eigenvalue weighted by Crippen LogP contribution is -2.34. The van der Waals surface area contributed by atoms with Crippen LogP contribution < -0.4 is 11.3 Å². The fourth-order valence-electron chi connectivity index (χ4n) is 2.08. The van der Waals surface area contributed by atoms with Crippen molar-refractivity contribution in [2.75, 3.05) is 13.7 Å². The molecule has 1 rings (SSSR count). The Kier molecular flexibility index (Phi) is 6.44. The van der Waals surface area contributed by atoms with Crippen molar-refractivity contribution in [2.45, 2.75) is 25.6 Å². The predicted octanol–water partition coefficient (Wildman–Crippen LogP) is 3.64. The van der Waals surface area contributed by atoms with Crippen LogP contribution in [0.15, 0.2) is 22.7 Å². The molecule has 20 heavy (non-hydrogen) atoms. The molecule has 0 saturated carbocycles. The van der Waals surface area contributed by atoms with Crippen LogP contribution in [0.1, 0.15) is 30.5 Å². The van der Waals surface area contributed by atoms with Crippen LogP contribution >= 0.6 is 15.9 Å². The van der Waals surface area contributed by atoms with Gasteiger partial charge in [-0.25, -0.2) is 0 Å². The molecule has 7 heteroatoms. The highest BCUT2D eigenvalue weighted by atomic mass is 79.9. The summed E-state index contributed by atoms with van der Waals surface area (Å²) in [4.78, 5) is 0. The summed E-state index contributed by atoms with van der Waals surface area (Å²) in [5.41, 5.74) is 1.95. The zero-order valence-electron chi connectivity index (χ0n) is 11.3. The fourth-order valence-corrected chi connectivity index (χ4v) is 2.44. The second kappa shape index (κ2) is 7.40. The Morgan fingerprint density at radius 2 is 2.05 bits per heavy atom. The molecule has 2 unspecified atom stereocenters. The maximum Gasteiger partial charge on any atom is 0.416 e. The van der Waals surface area contributed by atoms with Crippen LogP contribution in [0, 0.1) is 5.92 Å². The van der Waals surface area contributed by atoms with Crippen LogP contribution in [0.5, 0.6) is 0 Å². The predicted molar refractivity (Wildman–Crippen MR) is 74.9 cm³/mol. The lowest BCUT2D eigenvalue weighted by Gasteiger charge is -2.26. The summed E-state index contributed by atoms with van der Waals surface area (Å²) < 4.78 is 44.7. The Morgan fingerprint density at radius 1 is 1.40 bits per heavy atom. The minimum atomic E-state index is -4.42. The monoisotopic (exact) mass is 354 g/mol. The van der Waals surface area contributed by atoms with E-state index in [0.717, 1.165) is 6.07 Å². The van der Waals surface area contributed by atoms with Gasteiger partial charge in [0.1, 0.15) is 0 Å². The summed E-state index contributed by atoms with van der Waals surface area (Å²) in [5, 5.41) is 0. The quantitative estimate of drug-likeness (QED) is 0.605. The van der Waals surface area contributed by atoms with E-state index in [-0.39, 0.29) is 11.5 Å². The van der Waals surface area contributed by atoms with Crippen molar-refractivity contribution in [1.82, 2.24) is 5.43 Å². The van der Waals surface area contributed by atoms with E-state index in [1.54, 1.807) is 13.2 Å². The Bertz CT molecular complexity index is 440. The second-order valence-electron chi connectivity index (χ2n) is 4.63. The summed E-state index contributed by atoms with van der Waals surface area (Å²) >= 11 is 3.07.